The van der Waals surface area contributed by atoms with Crippen molar-refractivity contribution in [1.82, 2.24) is 35.6 Å². The minimum atomic E-state index is -0.888. The predicted molar refractivity (Wildman–Crippen MR) is 287 cm³/mol. The number of hydrogen-bond donors (Lipinski definition) is 6. The van der Waals surface area contributed by atoms with Crippen LogP contribution in [0.1, 0.15) is 86.2 Å². The summed E-state index contributed by atoms with van der Waals surface area (Å²) in [6.45, 7) is 10.8. The van der Waals surface area contributed by atoms with Crippen LogP contribution < -0.4 is 36.2 Å². The van der Waals surface area contributed by atoms with E-state index in [1.807, 2.05) is 59.0 Å². The van der Waals surface area contributed by atoms with Crippen LogP contribution in [0.4, 0.5) is 21.9 Å². The minimum absolute atomic E-state index is 0.0554. The van der Waals surface area contributed by atoms with Gasteiger partial charge in [0.1, 0.15) is 17.5 Å². The van der Waals surface area contributed by atoms with Gasteiger partial charge in [0.2, 0.25) is 17.7 Å². The average molecular weight is 1020 g/mol. The summed E-state index contributed by atoms with van der Waals surface area (Å²) in [4.78, 5) is 114. The van der Waals surface area contributed by atoms with Crippen molar-refractivity contribution < 1.29 is 43.1 Å². The largest absolute Gasteiger partial charge is 0.415 e. The maximum absolute atomic E-state index is 14.2. The Bertz CT molecular complexity index is 3010. The molecule has 3 aliphatic heterocycles. The molecule has 1 unspecified atom stereocenters. The number of imide groups is 1. The Morgan fingerprint density at radius 3 is 2.20 bits per heavy atom. The first-order valence-electron chi connectivity index (χ1n) is 25.7. The molecule has 19 heteroatoms. The van der Waals surface area contributed by atoms with Gasteiger partial charge in [-0.3, -0.25) is 38.5 Å². The van der Waals surface area contributed by atoms with Gasteiger partial charge in [-0.25, -0.2) is 4.79 Å². The van der Waals surface area contributed by atoms with Crippen molar-refractivity contribution in [2.24, 2.45) is 5.92 Å². The summed E-state index contributed by atoms with van der Waals surface area (Å²) >= 11 is 0. The second-order valence-corrected chi connectivity index (χ2v) is 20.2. The third-order valence-electron chi connectivity index (χ3n) is 14.0. The van der Waals surface area contributed by atoms with E-state index in [1.54, 1.807) is 64.4 Å². The number of nitrogens with zero attached hydrogens (tertiary/aromatic N) is 4. The third kappa shape index (κ3) is 13.1. The van der Waals surface area contributed by atoms with E-state index in [9.17, 15) is 38.4 Å². The van der Waals surface area contributed by atoms with Crippen LogP contribution in [0.3, 0.4) is 0 Å². The number of benzene rings is 4. The van der Waals surface area contributed by atoms with Gasteiger partial charge in [-0.05, 0) is 111 Å². The smallest absolute Gasteiger partial charge is 0.409 e. The SMILES string of the molecule is CCCC(C)(CCCN1C(=O)C=CC1=O)NCC(=O)N[C@@H](CC(C)C)C(=O)NCC(=O)Nc1ccc(C(=O)Nc2ccc3[nH]c(C(=O)N4CCc5c4cc(OC(=O)N4CCN(C)CC4)c4ccccc54)cc3c2)cc1. The molecule has 5 aromatic rings. The number of carbonyl (C=O) groups is 8. The van der Waals surface area contributed by atoms with Gasteiger partial charge in [-0.2, -0.15) is 0 Å². The molecule has 8 rings (SSSR count). The summed E-state index contributed by atoms with van der Waals surface area (Å²) in [6.07, 6.45) is 5.84. The highest BCUT2D eigenvalue weighted by Gasteiger charge is 2.32. The zero-order valence-corrected chi connectivity index (χ0v) is 43.2. The highest BCUT2D eigenvalue weighted by atomic mass is 16.6. The van der Waals surface area contributed by atoms with Crippen molar-refractivity contribution in [2.75, 3.05) is 74.9 Å². The molecule has 8 amide bonds. The molecule has 0 bridgehead atoms. The zero-order valence-electron chi connectivity index (χ0n) is 43.2. The van der Waals surface area contributed by atoms with Gasteiger partial charge in [-0.1, -0.05) is 51.5 Å². The highest BCUT2D eigenvalue weighted by Crippen LogP contribution is 2.41. The summed E-state index contributed by atoms with van der Waals surface area (Å²) < 4.78 is 6.02. The van der Waals surface area contributed by atoms with Crippen molar-refractivity contribution in [1.29, 1.82) is 0 Å². The molecule has 1 fully saturated rings. The number of H-pyrrole nitrogens is 1. The van der Waals surface area contributed by atoms with Crippen LogP contribution in [0.25, 0.3) is 21.7 Å². The maximum Gasteiger partial charge on any atom is 0.415 e. The number of nitrogens with one attached hydrogen (secondary N) is 6. The summed E-state index contributed by atoms with van der Waals surface area (Å²) in [5.74, 6) is -2.24. The van der Waals surface area contributed by atoms with Crippen LogP contribution >= 0.6 is 0 Å². The monoisotopic (exact) mass is 1020 g/mol. The van der Waals surface area contributed by atoms with Crippen molar-refractivity contribution in [3.8, 4) is 5.75 Å². The van der Waals surface area contributed by atoms with E-state index in [0.717, 1.165) is 42.3 Å². The zero-order chi connectivity index (χ0) is 53.4. The van der Waals surface area contributed by atoms with E-state index in [-0.39, 0.29) is 49.2 Å². The molecule has 1 saturated heterocycles. The van der Waals surface area contributed by atoms with Gasteiger partial charge in [0.25, 0.3) is 23.6 Å². The van der Waals surface area contributed by atoms with Crippen molar-refractivity contribution in [3.63, 3.8) is 0 Å². The number of rotatable bonds is 20. The molecule has 1 aromatic heterocycles. The molecule has 0 radical (unpaired) electrons. The van der Waals surface area contributed by atoms with E-state index < -0.39 is 35.4 Å². The van der Waals surface area contributed by atoms with Crippen LogP contribution in [0.5, 0.6) is 5.75 Å². The van der Waals surface area contributed by atoms with E-state index in [4.69, 9.17) is 4.74 Å². The molecule has 0 aliphatic carbocycles. The Balaban J connectivity index is 0.819. The fraction of sp³-hybridized carbons (Fsp3) is 0.393. The fourth-order valence-electron chi connectivity index (χ4n) is 9.93. The molecule has 2 atom stereocenters. The predicted octanol–water partition coefficient (Wildman–Crippen LogP) is 5.96. The van der Waals surface area contributed by atoms with Crippen LogP contribution in [0.2, 0.25) is 0 Å². The molecule has 3 aliphatic rings. The molecule has 0 saturated carbocycles. The van der Waals surface area contributed by atoms with Crippen molar-refractivity contribution in [2.45, 2.75) is 77.8 Å². The topological polar surface area (TPSA) is 235 Å². The lowest BCUT2D eigenvalue weighted by atomic mass is 9.90. The van der Waals surface area contributed by atoms with Crippen LogP contribution in [-0.4, -0.2) is 138 Å². The molecule has 19 nitrogen and oxygen atoms in total. The van der Waals surface area contributed by atoms with Crippen molar-refractivity contribution in [3.05, 3.63) is 108 Å². The number of fused-ring (bicyclic) bond motifs is 4. The summed E-state index contributed by atoms with van der Waals surface area (Å²) in [5.41, 5.74) is 3.53. The number of piperazine rings is 1. The first-order valence-corrected chi connectivity index (χ1v) is 25.7. The fourth-order valence-corrected chi connectivity index (χ4v) is 9.93. The van der Waals surface area contributed by atoms with Crippen LogP contribution in [0, 0.1) is 5.92 Å². The molecule has 75 heavy (non-hydrogen) atoms. The number of carbonyl (C=O) groups excluding carboxylic acids is 8. The molecule has 0 spiro atoms. The summed E-state index contributed by atoms with van der Waals surface area (Å²) in [7, 11) is 2.02. The Kier molecular flexibility index (Phi) is 16.8. The van der Waals surface area contributed by atoms with Gasteiger partial charge in [0.05, 0.1) is 18.8 Å². The Morgan fingerprint density at radius 1 is 0.787 bits per heavy atom. The number of anilines is 3. The molecule has 4 heterocycles. The number of aromatic amines is 1. The molecule has 6 N–H and O–H groups in total. The van der Waals surface area contributed by atoms with Gasteiger partial charge >= 0.3 is 6.09 Å². The maximum atomic E-state index is 14.2. The number of likely N-dealkylation sites (N-methyl/N-ethyl adjacent to an activating group) is 1. The molecule has 4 aromatic carbocycles. The Hall–Kier alpha value is -7.90. The van der Waals surface area contributed by atoms with E-state index in [2.05, 4.69) is 36.5 Å². The lowest BCUT2D eigenvalue weighted by molar-refractivity contribution is -0.137. The van der Waals surface area contributed by atoms with Crippen LogP contribution in [0.15, 0.2) is 91.0 Å². The lowest BCUT2D eigenvalue weighted by Crippen LogP contribution is -2.53. The minimum Gasteiger partial charge on any atom is -0.409 e. The first kappa shape index (κ1) is 53.4. The number of amides is 8. The normalized spacial score (nSPS) is 15.8. The van der Waals surface area contributed by atoms with E-state index >= 15 is 0 Å². The number of ether oxygens (including phenoxy) is 1. The summed E-state index contributed by atoms with van der Waals surface area (Å²) in [6, 6.07) is 22.0. The van der Waals surface area contributed by atoms with Gasteiger partial charge in [0, 0.05) is 96.3 Å². The average Bonchev–Trinajstić information content (AvgIpc) is 4.12. The second-order valence-electron chi connectivity index (χ2n) is 20.2. The standard InChI is InChI=1S/C56H66N10O9/c1-6-21-56(4,22-9-23-66-50(69)18-19-51(66)70)58-34-49(68)62-44(29-35(2)3)53(72)57-33-48(67)59-38-14-12-36(13-15-38)52(71)60-39-16-17-43-37(30-39)31-45(61-43)54(73)65-24-20-41-40-10-7-8-11-42(40)47(32-46(41)65)75-55(74)64-27-25-63(5)26-28-64/h7-8,10-19,30-32,35,44,58,61H,6,9,20-29,33-34H2,1-5H3,(H,57,72)(H,59,67)(H,60,71)(H,62,68)/t44-,56?/m0/s1. The third-order valence-corrected chi connectivity index (χ3v) is 14.0. The van der Waals surface area contributed by atoms with Crippen molar-refractivity contribution >= 4 is 86.2 Å². The lowest BCUT2D eigenvalue weighted by Gasteiger charge is -2.32. The van der Waals surface area contributed by atoms with Gasteiger partial charge in [-0.15, -0.1) is 0 Å². The number of aromatic nitrogens is 1. The first-order chi connectivity index (χ1) is 36.0. The van der Waals surface area contributed by atoms with Gasteiger partial charge in [0.15, 0.2) is 0 Å². The van der Waals surface area contributed by atoms with Crippen LogP contribution in [-0.2, 0) is 30.4 Å². The Morgan fingerprint density at radius 2 is 1.49 bits per heavy atom. The molecular formula is C56H66N10O9. The second kappa shape index (κ2) is 23.5. The van der Waals surface area contributed by atoms with E-state index in [1.165, 1.54) is 17.1 Å². The Labute approximate surface area is 435 Å². The number of hydrogen-bond acceptors (Lipinski definition) is 11. The van der Waals surface area contributed by atoms with Gasteiger partial charge < -0.3 is 51.0 Å². The summed E-state index contributed by atoms with van der Waals surface area (Å²) in [5, 5.41) is 16.8. The molecular weight excluding hydrogens is 957 g/mol. The highest BCUT2D eigenvalue weighted by molar-refractivity contribution is 6.13. The quantitative estimate of drug-likeness (QED) is 0.0498. The van der Waals surface area contributed by atoms with E-state index in [0.29, 0.717) is 90.3 Å². The molecule has 394 valence electrons.